The largest absolute Gasteiger partial charge is 0.465 e. The lowest BCUT2D eigenvalue weighted by Crippen LogP contribution is -2.15. The van der Waals surface area contributed by atoms with Gasteiger partial charge >= 0.3 is 5.97 Å². The number of methoxy groups -OCH3 is 1. The molecular formula is C25H19N5O3S. The van der Waals surface area contributed by atoms with Gasteiger partial charge in [-0.25, -0.2) is 14.5 Å². The molecule has 0 aliphatic rings. The number of benzene rings is 1. The van der Waals surface area contributed by atoms with Crippen LogP contribution in [0.15, 0.2) is 78.6 Å². The highest BCUT2D eigenvalue weighted by atomic mass is 32.1. The zero-order valence-electron chi connectivity index (χ0n) is 18.1. The molecule has 8 nitrogen and oxygen atoms in total. The number of amides is 1. The second-order valence-electron chi connectivity index (χ2n) is 7.43. The third-order valence-electron chi connectivity index (χ3n) is 5.29. The van der Waals surface area contributed by atoms with E-state index in [-0.39, 0.29) is 5.91 Å². The van der Waals surface area contributed by atoms with Gasteiger partial charge in [-0.1, -0.05) is 30.3 Å². The van der Waals surface area contributed by atoms with Crippen LogP contribution in [0.25, 0.3) is 22.3 Å². The monoisotopic (exact) mass is 469 g/mol. The summed E-state index contributed by atoms with van der Waals surface area (Å²) in [5.74, 6) is -0.864. The molecule has 0 fully saturated rings. The number of rotatable bonds is 6. The molecule has 168 valence electrons. The lowest BCUT2D eigenvalue weighted by molar-refractivity contribution is 0.0607. The molecule has 0 saturated carbocycles. The molecule has 0 aliphatic heterocycles. The third-order valence-corrected chi connectivity index (χ3v) is 6.18. The van der Waals surface area contributed by atoms with Crippen molar-refractivity contribution in [1.82, 2.24) is 19.7 Å². The average Bonchev–Trinajstić information content (AvgIpc) is 3.51. The summed E-state index contributed by atoms with van der Waals surface area (Å²) in [4.78, 5) is 34.7. The number of aromatic nitrogens is 4. The Bertz CT molecular complexity index is 1480. The first-order valence-corrected chi connectivity index (χ1v) is 11.3. The van der Waals surface area contributed by atoms with Crippen molar-refractivity contribution in [3.05, 3.63) is 94.6 Å². The van der Waals surface area contributed by atoms with Crippen molar-refractivity contribution in [3.63, 3.8) is 0 Å². The van der Waals surface area contributed by atoms with Gasteiger partial charge in [-0.15, -0.1) is 11.3 Å². The molecule has 34 heavy (non-hydrogen) atoms. The van der Waals surface area contributed by atoms with Gasteiger partial charge in [0.15, 0.2) is 5.65 Å². The Balaban J connectivity index is 1.60. The van der Waals surface area contributed by atoms with Gasteiger partial charge in [0, 0.05) is 18.0 Å². The van der Waals surface area contributed by atoms with Gasteiger partial charge in [0.05, 0.1) is 42.2 Å². The van der Waals surface area contributed by atoms with E-state index in [1.54, 1.807) is 40.8 Å². The second-order valence-corrected chi connectivity index (χ2v) is 8.34. The Morgan fingerprint density at radius 2 is 1.88 bits per heavy atom. The smallest absolute Gasteiger partial charge is 0.350 e. The molecule has 0 aliphatic carbocycles. The van der Waals surface area contributed by atoms with Gasteiger partial charge in [0.25, 0.3) is 5.91 Å². The topological polar surface area (TPSA) is 99.0 Å². The van der Waals surface area contributed by atoms with E-state index in [1.165, 1.54) is 18.4 Å². The van der Waals surface area contributed by atoms with Crippen LogP contribution in [0.3, 0.4) is 0 Å². The number of hydrogen-bond acceptors (Lipinski definition) is 7. The lowest BCUT2D eigenvalue weighted by atomic mass is 10.1. The Morgan fingerprint density at radius 3 is 2.65 bits per heavy atom. The van der Waals surface area contributed by atoms with Gasteiger partial charge in [-0.2, -0.15) is 5.10 Å². The number of hydrogen-bond donors (Lipinski definition) is 1. The van der Waals surface area contributed by atoms with Crippen molar-refractivity contribution in [1.29, 1.82) is 0 Å². The highest BCUT2D eigenvalue weighted by molar-refractivity contribution is 7.12. The van der Waals surface area contributed by atoms with Crippen LogP contribution in [0.5, 0.6) is 0 Å². The number of thiophene rings is 1. The Morgan fingerprint density at radius 1 is 1.09 bits per heavy atom. The van der Waals surface area contributed by atoms with Gasteiger partial charge in [0.1, 0.15) is 4.88 Å². The first-order chi connectivity index (χ1) is 16.6. The maximum absolute atomic E-state index is 13.4. The van der Waals surface area contributed by atoms with Crippen molar-refractivity contribution >= 4 is 39.9 Å². The van der Waals surface area contributed by atoms with Crippen LogP contribution >= 0.6 is 11.3 Å². The van der Waals surface area contributed by atoms with E-state index in [4.69, 9.17) is 9.72 Å². The molecule has 5 aromatic rings. The quantitative estimate of drug-likeness (QED) is 0.364. The molecule has 0 spiro atoms. The van der Waals surface area contributed by atoms with Crippen LogP contribution in [0.4, 0.5) is 5.69 Å². The summed E-state index contributed by atoms with van der Waals surface area (Å²) < 4.78 is 6.58. The fraction of sp³-hybridized carbons (Fsp3) is 0.0800. The van der Waals surface area contributed by atoms with E-state index in [1.807, 2.05) is 42.5 Å². The summed E-state index contributed by atoms with van der Waals surface area (Å²) in [6, 6.07) is 16.9. The van der Waals surface area contributed by atoms with Gasteiger partial charge < -0.3 is 10.1 Å². The van der Waals surface area contributed by atoms with Crippen molar-refractivity contribution in [3.8, 4) is 11.3 Å². The molecule has 1 aromatic carbocycles. The van der Waals surface area contributed by atoms with Crippen LogP contribution in [0, 0.1) is 0 Å². The lowest BCUT2D eigenvalue weighted by Gasteiger charge is -2.10. The van der Waals surface area contributed by atoms with Crippen molar-refractivity contribution in [2.75, 3.05) is 12.4 Å². The molecule has 4 aromatic heterocycles. The molecule has 5 rings (SSSR count). The van der Waals surface area contributed by atoms with Gasteiger partial charge in [0.2, 0.25) is 0 Å². The molecular weight excluding hydrogens is 450 g/mol. The predicted octanol–water partition coefficient (Wildman–Crippen LogP) is 4.64. The number of carbonyl (C=O) groups excluding carboxylic acids is 2. The molecule has 0 saturated heterocycles. The molecule has 4 heterocycles. The van der Waals surface area contributed by atoms with Crippen molar-refractivity contribution < 1.29 is 14.3 Å². The highest BCUT2D eigenvalue weighted by Crippen LogP contribution is 2.28. The number of fused-ring (bicyclic) bond motifs is 1. The maximum Gasteiger partial charge on any atom is 0.350 e. The van der Waals surface area contributed by atoms with E-state index in [2.05, 4.69) is 15.4 Å². The molecule has 9 heteroatoms. The number of pyridine rings is 2. The molecule has 0 bridgehead atoms. The minimum Gasteiger partial charge on any atom is -0.465 e. The molecule has 1 N–H and O–H groups in total. The summed E-state index contributed by atoms with van der Waals surface area (Å²) in [6.45, 7) is 0.481. The fourth-order valence-electron chi connectivity index (χ4n) is 3.62. The molecule has 0 radical (unpaired) electrons. The number of nitrogens with one attached hydrogen (secondary N) is 1. The zero-order valence-corrected chi connectivity index (χ0v) is 19.0. The molecule has 1 amide bonds. The number of ether oxygens (including phenoxy) is 1. The maximum atomic E-state index is 13.4. The normalized spacial score (nSPS) is 10.9. The Kier molecular flexibility index (Phi) is 5.84. The van der Waals surface area contributed by atoms with E-state index in [9.17, 15) is 9.59 Å². The number of carbonyl (C=O) groups is 2. The summed E-state index contributed by atoms with van der Waals surface area (Å²) in [7, 11) is 1.31. The minimum atomic E-state index is -0.500. The van der Waals surface area contributed by atoms with Crippen LogP contribution < -0.4 is 5.32 Å². The third kappa shape index (κ3) is 4.16. The standard InChI is InChI=1S/C25H19N5O3S/c1-33-25(32)22-20(9-12-34-22)29-24(31)18-13-21(17-5-3-2-4-6-17)28-23-19(18)14-27-30(23)15-16-7-10-26-11-8-16/h2-14H,15H2,1H3,(H,29,31). The Labute approximate surface area is 198 Å². The van der Waals surface area contributed by atoms with Crippen LogP contribution in [0.2, 0.25) is 0 Å². The van der Waals surface area contributed by atoms with Gasteiger partial charge in [-0.05, 0) is 35.2 Å². The molecule has 0 atom stereocenters. The number of anilines is 1. The average molecular weight is 470 g/mol. The van der Waals surface area contributed by atoms with E-state index in [0.717, 1.165) is 11.1 Å². The summed E-state index contributed by atoms with van der Waals surface area (Å²) in [6.07, 6.45) is 5.09. The van der Waals surface area contributed by atoms with Crippen LogP contribution in [-0.4, -0.2) is 38.7 Å². The van der Waals surface area contributed by atoms with E-state index in [0.29, 0.717) is 39.4 Å². The summed E-state index contributed by atoms with van der Waals surface area (Å²) in [5.41, 5.74) is 3.93. The van der Waals surface area contributed by atoms with Gasteiger partial charge in [-0.3, -0.25) is 9.78 Å². The SMILES string of the molecule is COC(=O)c1sccc1NC(=O)c1cc(-c2ccccc2)nc2c1cnn2Cc1ccncc1. The molecule has 0 unspecified atom stereocenters. The summed E-state index contributed by atoms with van der Waals surface area (Å²) in [5, 5.41) is 9.70. The van der Waals surface area contributed by atoms with Crippen LogP contribution in [-0.2, 0) is 11.3 Å². The highest BCUT2D eigenvalue weighted by Gasteiger charge is 2.21. The predicted molar refractivity (Wildman–Crippen MR) is 130 cm³/mol. The first-order valence-electron chi connectivity index (χ1n) is 10.4. The number of nitrogens with zero attached hydrogens (tertiary/aromatic N) is 4. The van der Waals surface area contributed by atoms with E-state index < -0.39 is 5.97 Å². The van der Waals surface area contributed by atoms with Crippen molar-refractivity contribution in [2.45, 2.75) is 6.54 Å². The first kappa shape index (κ1) is 21.5. The van der Waals surface area contributed by atoms with Crippen LogP contribution in [0.1, 0.15) is 25.6 Å². The van der Waals surface area contributed by atoms with E-state index >= 15 is 0 Å². The van der Waals surface area contributed by atoms with Crippen molar-refractivity contribution in [2.24, 2.45) is 0 Å². The zero-order chi connectivity index (χ0) is 23.5. The minimum absolute atomic E-state index is 0.331. The Hall–Kier alpha value is -4.37. The fourth-order valence-corrected chi connectivity index (χ4v) is 4.38. The summed E-state index contributed by atoms with van der Waals surface area (Å²) >= 11 is 1.21. The number of esters is 1. The second kappa shape index (κ2) is 9.24.